The normalized spacial score (nSPS) is 26.3. The number of carbonyl (C=O) groups is 1. The highest BCUT2D eigenvalue weighted by molar-refractivity contribution is 6.31. The van der Waals surface area contributed by atoms with Crippen molar-refractivity contribution in [3.05, 3.63) is 85.2 Å². The highest BCUT2D eigenvalue weighted by Gasteiger charge is 2.68. The SMILES string of the molecule is CC(C)=CCN1[C@@H](CO)[C@@H]([N+](=O)[O-])[C@H](c2cccc(Cl)c2F)[C@@]12Cc1ccc(Cl)cc1NC2=O. The molecule has 180 valence electrons. The number of nitrogens with one attached hydrogen (secondary N) is 1. The number of nitro groups is 1. The van der Waals surface area contributed by atoms with Gasteiger partial charge < -0.3 is 10.4 Å². The summed E-state index contributed by atoms with van der Waals surface area (Å²) in [6.07, 6.45) is 1.90. The highest BCUT2D eigenvalue weighted by Crippen LogP contribution is 2.52. The van der Waals surface area contributed by atoms with E-state index in [-0.39, 0.29) is 23.6 Å². The molecule has 0 radical (unpaired) electrons. The Morgan fingerprint density at radius 2 is 2.09 bits per heavy atom. The van der Waals surface area contributed by atoms with Crippen LogP contribution in [-0.2, 0) is 11.2 Å². The summed E-state index contributed by atoms with van der Waals surface area (Å²) in [4.78, 5) is 27.4. The van der Waals surface area contributed by atoms with Gasteiger partial charge in [0, 0.05) is 34.2 Å². The molecule has 4 atom stereocenters. The molecule has 0 aliphatic carbocycles. The standard InChI is InChI=1S/C24H24Cl2FN3O4/c1-13(2)8-9-29-19(12-31)22(30(33)34)20(16-4-3-5-17(26)21(16)27)24(29)11-14-6-7-15(25)10-18(14)28-23(24)32/h3-8,10,19-20,22,31H,9,11-12H2,1-2H3,(H,28,32)/t19-,20-,22+,24+/m0/s1. The number of fused-ring (bicyclic) bond motifs is 1. The number of hydrogen-bond donors (Lipinski definition) is 2. The van der Waals surface area contributed by atoms with E-state index < -0.39 is 46.8 Å². The van der Waals surface area contributed by atoms with E-state index in [1.807, 2.05) is 19.9 Å². The number of rotatable bonds is 5. The number of carbonyl (C=O) groups excluding carboxylic acids is 1. The lowest BCUT2D eigenvalue weighted by molar-refractivity contribution is -0.528. The Morgan fingerprint density at radius 1 is 1.35 bits per heavy atom. The third kappa shape index (κ3) is 3.88. The van der Waals surface area contributed by atoms with Crippen LogP contribution in [0.4, 0.5) is 10.1 Å². The summed E-state index contributed by atoms with van der Waals surface area (Å²) in [6.45, 7) is 3.32. The van der Waals surface area contributed by atoms with Gasteiger partial charge in [0.2, 0.25) is 11.9 Å². The predicted octanol–water partition coefficient (Wildman–Crippen LogP) is 4.44. The number of aliphatic hydroxyl groups is 1. The highest BCUT2D eigenvalue weighted by atomic mass is 35.5. The van der Waals surface area contributed by atoms with Gasteiger partial charge in [0.05, 0.1) is 17.5 Å². The van der Waals surface area contributed by atoms with Gasteiger partial charge in [-0.25, -0.2) is 4.39 Å². The van der Waals surface area contributed by atoms with Crippen LogP contribution in [0.25, 0.3) is 0 Å². The van der Waals surface area contributed by atoms with Crippen molar-refractivity contribution in [1.29, 1.82) is 0 Å². The summed E-state index contributed by atoms with van der Waals surface area (Å²) < 4.78 is 15.4. The van der Waals surface area contributed by atoms with Crippen LogP contribution < -0.4 is 5.32 Å². The lowest BCUT2D eigenvalue weighted by Gasteiger charge is -2.44. The molecule has 34 heavy (non-hydrogen) atoms. The number of aliphatic hydroxyl groups excluding tert-OH is 1. The van der Waals surface area contributed by atoms with Gasteiger partial charge in [-0.05, 0) is 37.6 Å². The summed E-state index contributed by atoms with van der Waals surface area (Å²) in [5.41, 5.74) is 0.564. The number of nitrogens with zero attached hydrogens (tertiary/aromatic N) is 2. The molecule has 2 heterocycles. The zero-order valence-corrected chi connectivity index (χ0v) is 20.1. The van der Waals surface area contributed by atoms with E-state index in [4.69, 9.17) is 23.2 Å². The maximum absolute atomic E-state index is 15.4. The van der Waals surface area contributed by atoms with Crippen LogP contribution in [0.5, 0.6) is 0 Å². The van der Waals surface area contributed by atoms with E-state index in [1.54, 1.807) is 23.1 Å². The third-order valence-corrected chi connectivity index (χ3v) is 7.31. The minimum absolute atomic E-state index is 0.0279. The van der Waals surface area contributed by atoms with E-state index >= 15 is 4.39 Å². The summed E-state index contributed by atoms with van der Waals surface area (Å²) in [5.74, 6) is -2.54. The number of hydrogen-bond acceptors (Lipinski definition) is 5. The molecule has 1 fully saturated rings. The molecule has 2 aliphatic heterocycles. The molecule has 0 unspecified atom stereocenters. The first kappa shape index (κ1) is 24.6. The maximum atomic E-state index is 15.4. The van der Waals surface area contributed by atoms with E-state index in [0.717, 1.165) is 5.57 Å². The Hall–Kier alpha value is -2.52. The fraction of sp³-hybridized carbons (Fsp3) is 0.375. The van der Waals surface area contributed by atoms with Crippen molar-refractivity contribution in [2.75, 3.05) is 18.5 Å². The fourth-order valence-electron chi connectivity index (χ4n) is 5.32. The molecular formula is C24H24Cl2FN3O4. The van der Waals surface area contributed by atoms with Crippen molar-refractivity contribution in [3.63, 3.8) is 0 Å². The Balaban J connectivity index is 2.02. The predicted molar refractivity (Wildman–Crippen MR) is 128 cm³/mol. The molecular weight excluding hydrogens is 484 g/mol. The molecule has 1 amide bonds. The van der Waals surface area contributed by atoms with Gasteiger partial charge in [0.15, 0.2) is 0 Å². The van der Waals surface area contributed by atoms with Crippen LogP contribution in [-0.4, -0.2) is 51.6 Å². The lowest BCUT2D eigenvalue weighted by Crippen LogP contribution is -2.61. The van der Waals surface area contributed by atoms with Crippen molar-refractivity contribution >= 4 is 34.8 Å². The summed E-state index contributed by atoms with van der Waals surface area (Å²) in [5, 5.41) is 25.8. The monoisotopic (exact) mass is 507 g/mol. The largest absolute Gasteiger partial charge is 0.394 e. The number of anilines is 1. The van der Waals surface area contributed by atoms with Gasteiger partial charge in [-0.15, -0.1) is 0 Å². The summed E-state index contributed by atoms with van der Waals surface area (Å²) in [6, 6.07) is 6.82. The lowest BCUT2D eigenvalue weighted by atomic mass is 9.71. The first-order chi connectivity index (χ1) is 16.1. The molecule has 0 aromatic heterocycles. The van der Waals surface area contributed by atoms with Gasteiger partial charge in [-0.2, -0.15) is 0 Å². The average Bonchev–Trinajstić information content (AvgIpc) is 3.05. The van der Waals surface area contributed by atoms with E-state index in [9.17, 15) is 20.0 Å². The third-order valence-electron chi connectivity index (χ3n) is 6.78. The molecule has 4 rings (SSSR count). The first-order valence-electron chi connectivity index (χ1n) is 10.8. The van der Waals surface area contributed by atoms with Crippen molar-refractivity contribution in [1.82, 2.24) is 4.90 Å². The molecule has 0 bridgehead atoms. The molecule has 10 heteroatoms. The zero-order chi connectivity index (χ0) is 24.8. The molecule has 2 N–H and O–H groups in total. The van der Waals surface area contributed by atoms with E-state index in [1.165, 1.54) is 18.2 Å². The van der Waals surface area contributed by atoms with Crippen LogP contribution in [0.3, 0.4) is 0 Å². The Morgan fingerprint density at radius 3 is 2.74 bits per heavy atom. The van der Waals surface area contributed by atoms with Gasteiger partial charge in [0.25, 0.3) is 0 Å². The second-order valence-electron chi connectivity index (χ2n) is 8.94. The van der Waals surface area contributed by atoms with Crippen molar-refractivity contribution in [2.24, 2.45) is 0 Å². The summed E-state index contributed by atoms with van der Waals surface area (Å²) >= 11 is 12.2. The topological polar surface area (TPSA) is 95.7 Å². The van der Waals surface area contributed by atoms with Crippen LogP contribution in [0.15, 0.2) is 48.0 Å². The van der Waals surface area contributed by atoms with E-state index in [0.29, 0.717) is 16.3 Å². The van der Waals surface area contributed by atoms with Gasteiger partial charge in [-0.1, -0.05) is 53.1 Å². The number of likely N-dealkylation sites (tertiary alicyclic amines) is 1. The minimum atomic E-state index is -1.55. The molecule has 2 aliphatic rings. The zero-order valence-electron chi connectivity index (χ0n) is 18.6. The van der Waals surface area contributed by atoms with Crippen molar-refractivity contribution < 1.29 is 19.2 Å². The Bertz CT molecular complexity index is 1190. The molecule has 1 saturated heterocycles. The first-order valence-corrected chi connectivity index (χ1v) is 11.6. The Kier molecular flexibility index (Phi) is 6.70. The smallest absolute Gasteiger partial charge is 0.246 e. The van der Waals surface area contributed by atoms with Gasteiger partial charge >= 0.3 is 0 Å². The molecule has 2 aromatic carbocycles. The molecule has 2 aromatic rings. The maximum Gasteiger partial charge on any atom is 0.246 e. The minimum Gasteiger partial charge on any atom is -0.394 e. The fourth-order valence-corrected chi connectivity index (χ4v) is 5.67. The van der Waals surface area contributed by atoms with E-state index in [2.05, 4.69) is 5.32 Å². The average molecular weight is 508 g/mol. The molecule has 1 spiro atoms. The molecule has 0 saturated carbocycles. The number of benzene rings is 2. The van der Waals surface area contributed by atoms with Crippen LogP contribution in [0, 0.1) is 15.9 Å². The van der Waals surface area contributed by atoms with Gasteiger partial charge in [-0.3, -0.25) is 19.8 Å². The second kappa shape index (κ2) is 9.26. The molecule has 7 nitrogen and oxygen atoms in total. The van der Waals surface area contributed by atoms with Crippen molar-refractivity contribution in [2.45, 2.75) is 43.8 Å². The Labute approximate surface area is 206 Å². The van der Waals surface area contributed by atoms with Gasteiger partial charge in [0.1, 0.15) is 17.4 Å². The summed E-state index contributed by atoms with van der Waals surface area (Å²) in [7, 11) is 0. The number of allylic oxidation sites excluding steroid dienone is 1. The second-order valence-corrected chi connectivity index (χ2v) is 9.78. The number of amides is 1. The van der Waals surface area contributed by atoms with Crippen LogP contribution >= 0.6 is 23.2 Å². The number of halogens is 3. The quantitative estimate of drug-likeness (QED) is 0.354. The van der Waals surface area contributed by atoms with Crippen LogP contribution in [0.1, 0.15) is 30.9 Å². The van der Waals surface area contributed by atoms with Crippen molar-refractivity contribution in [3.8, 4) is 0 Å². The van der Waals surface area contributed by atoms with Crippen LogP contribution in [0.2, 0.25) is 10.0 Å².